The van der Waals surface area contributed by atoms with E-state index in [0.29, 0.717) is 32.0 Å². The number of β-amino-alcohol motifs (C(OH)–C–C–N with tert-alkyl or cyclic N) is 1. The molecule has 2 N–H and O–H groups in total. The van der Waals surface area contributed by atoms with Crippen molar-refractivity contribution in [2.24, 2.45) is 0 Å². The van der Waals surface area contributed by atoms with E-state index in [1.807, 2.05) is 53.1 Å². The summed E-state index contributed by atoms with van der Waals surface area (Å²) in [5.74, 6) is -0.168. The van der Waals surface area contributed by atoms with Gasteiger partial charge in [-0.2, -0.15) is 0 Å². The van der Waals surface area contributed by atoms with Crippen molar-refractivity contribution in [1.29, 1.82) is 0 Å². The molecule has 0 bridgehead atoms. The molecule has 0 saturated carbocycles. The molecule has 1 fully saturated rings. The van der Waals surface area contributed by atoms with Crippen LogP contribution in [0.5, 0.6) is 0 Å². The van der Waals surface area contributed by atoms with E-state index in [2.05, 4.69) is 22.3 Å². The summed E-state index contributed by atoms with van der Waals surface area (Å²) in [7, 11) is 0. The number of benzene rings is 2. The van der Waals surface area contributed by atoms with Crippen molar-refractivity contribution in [3.8, 4) is 0 Å². The van der Waals surface area contributed by atoms with Gasteiger partial charge >= 0.3 is 0 Å². The highest BCUT2D eigenvalue weighted by atomic mass is 16.5. The predicted octanol–water partition coefficient (Wildman–Crippen LogP) is 2.11. The molecule has 2 aromatic carbocycles. The van der Waals surface area contributed by atoms with Crippen molar-refractivity contribution in [3.05, 3.63) is 71.9 Å². The molecule has 1 amide bonds. The number of hydrogen-bond donors (Lipinski definition) is 2. The average Bonchev–Trinajstić information content (AvgIpc) is 3.12. The number of morpholine rings is 1. The number of fused-ring (bicyclic) bond motifs is 1. The van der Waals surface area contributed by atoms with Crippen LogP contribution in [0.3, 0.4) is 0 Å². The van der Waals surface area contributed by atoms with Gasteiger partial charge in [-0.1, -0.05) is 48.5 Å². The highest BCUT2D eigenvalue weighted by Gasteiger charge is 2.19. The molecular weight excluding hydrogens is 366 g/mol. The molecule has 0 unspecified atom stereocenters. The average molecular weight is 393 g/mol. The fourth-order valence-electron chi connectivity index (χ4n) is 3.78. The Labute approximate surface area is 170 Å². The Morgan fingerprint density at radius 2 is 1.79 bits per heavy atom. The molecule has 0 aliphatic carbocycles. The lowest BCUT2D eigenvalue weighted by molar-refractivity contribution is 0.0149. The summed E-state index contributed by atoms with van der Waals surface area (Å²) in [6, 6.07) is 20.0. The van der Waals surface area contributed by atoms with E-state index in [-0.39, 0.29) is 12.5 Å². The molecule has 1 saturated heterocycles. The van der Waals surface area contributed by atoms with Crippen LogP contribution in [-0.2, 0) is 11.3 Å². The van der Waals surface area contributed by atoms with E-state index in [1.165, 1.54) is 0 Å². The number of aliphatic hydroxyl groups excluding tert-OH is 1. The summed E-state index contributed by atoms with van der Waals surface area (Å²) in [5, 5.41) is 14.3. The molecule has 152 valence electrons. The lowest BCUT2D eigenvalue weighted by Gasteiger charge is -2.28. The van der Waals surface area contributed by atoms with E-state index in [9.17, 15) is 9.90 Å². The van der Waals surface area contributed by atoms with E-state index >= 15 is 0 Å². The summed E-state index contributed by atoms with van der Waals surface area (Å²) >= 11 is 0. The molecule has 6 nitrogen and oxygen atoms in total. The maximum atomic E-state index is 12.9. The molecule has 1 aliphatic rings. The van der Waals surface area contributed by atoms with Gasteiger partial charge in [0.05, 0.1) is 19.3 Å². The molecule has 4 rings (SSSR count). The van der Waals surface area contributed by atoms with Crippen molar-refractivity contribution in [2.75, 3.05) is 39.4 Å². The zero-order chi connectivity index (χ0) is 20.1. The number of nitrogens with zero attached hydrogens (tertiary/aromatic N) is 2. The minimum Gasteiger partial charge on any atom is -0.390 e. The van der Waals surface area contributed by atoms with Crippen LogP contribution in [0.15, 0.2) is 60.7 Å². The third kappa shape index (κ3) is 4.85. The Morgan fingerprint density at radius 3 is 2.59 bits per heavy atom. The number of hydrogen-bond acceptors (Lipinski definition) is 4. The number of aromatic nitrogens is 1. The number of carbonyl (C=O) groups is 1. The fraction of sp³-hybridized carbons (Fsp3) is 0.348. The largest absolute Gasteiger partial charge is 0.390 e. The van der Waals surface area contributed by atoms with Gasteiger partial charge in [-0.3, -0.25) is 9.69 Å². The van der Waals surface area contributed by atoms with Crippen LogP contribution in [0.2, 0.25) is 0 Å². The minimum absolute atomic E-state index is 0.168. The SMILES string of the molecule is O=C(NC[C@@H](O)CN1CCOCC1)c1cc2ccccc2n1Cc1ccccc1. The van der Waals surface area contributed by atoms with Crippen LogP contribution in [0.25, 0.3) is 10.9 Å². The van der Waals surface area contributed by atoms with Gasteiger partial charge in [0, 0.05) is 43.6 Å². The van der Waals surface area contributed by atoms with Crippen molar-refractivity contribution >= 4 is 16.8 Å². The second-order valence-corrected chi connectivity index (χ2v) is 7.44. The molecule has 6 heteroatoms. The lowest BCUT2D eigenvalue weighted by Crippen LogP contribution is -2.44. The highest BCUT2D eigenvalue weighted by molar-refractivity contribution is 5.98. The normalized spacial score (nSPS) is 16.0. The van der Waals surface area contributed by atoms with Crippen molar-refractivity contribution < 1.29 is 14.6 Å². The first kappa shape index (κ1) is 19.6. The molecule has 1 aliphatic heterocycles. The highest BCUT2D eigenvalue weighted by Crippen LogP contribution is 2.21. The Morgan fingerprint density at radius 1 is 1.07 bits per heavy atom. The van der Waals surface area contributed by atoms with Crippen molar-refractivity contribution in [2.45, 2.75) is 12.6 Å². The van der Waals surface area contributed by atoms with Gasteiger partial charge in [-0.15, -0.1) is 0 Å². The van der Waals surface area contributed by atoms with Gasteiger partial charge in [-0.05, 0) is 17.7 Å². The van der Waals surface area contributed by atoms with Gasteiger partial charge in [0.25, 0.3) is 5.91 Å². The van der Waals surface area contributed by atoms with Gasteiger partial charge in [0.2, 0.25) is 0 Å². The minimum atomic E-state index is -0.607. The van der Waals surface area contributed by atoms with Gasteiger partial charge in [0.15, 0.2) is 0 Å². The second-order valence-electron chi connectivity index (χ2n) is 7.44. The smallest absolute Gasteiger partial charge is 0.268 e. The molecule has 1 aromatic heterocycles. The first-order valence-electron chi connectivity index (χ1n) is 10.1. The summed E-state index contributed by atoms with van der Waals surface area (Å²) < 4.78 is 7.37. The van der Waals surface area contributed by atoms with Gasteiger partial charge in [-0.25, -0.2) is 0 Å². The summed E-state index contributed by atoms with van der Waals surface area (Å²) in [4.78, 5) is 15.1. The molecule has 2 heterocycles. The molecule has 1 atom stereocenters. The topological polar surface area (TPSA) is 66.7 Å². The third-order valence-corrected chi connectivity index (χ3v) is 5.30. The Kier molecular flexibility index (Phi) is 6.24. The first-order chi connectivity index (χ1) is 14.2. The van der Waals surface area contributed by atoms with Crippen molar-refractivity contribution in [1.82, 2.24) is 14.8 Å². The van der Waals surface area contributed by atoms with Crippen LogP contribution in [0.1, 0.15) is 16.1 Å². The number of ether oxygens (including phenoxy) is 1. The summed E-state index contributed by atoms with van der Waals surface area (Å²) in [6.07, 6.45) is -0.607. The van der Waals surface area contributed by atoms with Gasteiger partial charge in [0.1, 0.15) is 5.69 Å². The standard InChI is InChI=1S/C23H27N3O3/c27-20(17-25-10-12-29-13-11-25)15-24-23(28)22-14-19-8-4-5-9-21(19)26(22)16-18-6-2-1-3-7-18/h1-9,14,20,27H,10-13,15-17H2,(H,24,28)/t20-/m1/s1. The van der Waals surface area contributed by atoms with E-state index in [0.717, 1.165) is 29.6 Å². The zero-order valence-electron chi connectivity index (χ0n) is 16.5. The van der Waals surface area contributed by atoms with Crippen LogP contribution < -0.4 is 5.32 Å². The predicted molar refractivity (Wildman–Crippen MR) is 113 cm³/mol. The van der Waals surface area contributed by atoms with Crippen LogP contribution in [0, 0.1) is 0 Å². The lowest BCUT2D eigenvalue weighted by atomic mass is 10.2. The van der Waals surface area contributed by atoms with E-state index in [4.69, 9.17) is 4.74 Å². The molecule has 29 heavy (non-hydrogen) atoms. The van der Waals surface area contributed by atoms with Crippen molar-refractivity contribution in [3.63, 3.8) is 0 Å². The van der Waals surface area contributed by atoms with Crippen LogP contribution in [0.4, 0.5) is 0 Å². The number of carbonyl (C=O) groups excluding carboxylic acids is 1. The van der Waals surface area contributed by atoms with E-state index in [1.54, 1.807) is 0 Å². The van der Waals surface area contributed by atoms with Gasteiger partial charge < -0.3 is 19.7 Å². The maximum absolute atomic E-state index is 12.9. The van der Waals surface area contributed by atoms with E-state index < -0.39 is 6.10 Å². The Bertz CT molecular complexity index is 948. The number of para-hydroxylation sites is 1. The molecule has 0 radical (unpaired) electrons. The van der Waals surface area contributed by atoms with Crippen LogP contribution in [-0.4, -0.2) is 66.0 Å². The molecule has 3 aromatic rings. The number of aliphatic hydroxyl groups is 1. The second kappa shape index (κ2) is 9.22. The number of amides is 1. The molecular formula is C23H27N3O3. The monoisotopic (exact) mass is 393 g/mol. The number of rotatable bonds is 7. The summed E-state index contributed by atoms with van der Waals surface area (Å²) in [5.41, 5.74) is 2.76. The Hall–Kier alpha value is -2.67. The third-order valence-electron chi connectivity index (χ3n) is 5.30. The number of nitrogens with one attached hydrogen (secondary N) is 1. The van der Waals surface area contributed by atoms with Crippen LogP contribution >= 0.6 is 0 Å². The summed E-state index contributed by atoms with van der Waals surface area (Å²) in [6.45, 7) is 4.40. The first-order valence-corrected chi connectivity index (χ1v) is 10.1. The molecule has 0 spiro atoms. The zero-order valence-corrected chi connectivity index (χ0v) is 16.5. The maximum Gasteiger partial charge on any atom is 0.268 e. The fourth-order valence-corrected chi connectivity index (χ4v) is 3.78. The quantitative estimate of drug-likeness (QED) is 0.645. The Balaban J connectivity index is 1.47.